The third-order valence-corrected chi connectivity index (χ3v) is 5.10. The summed E-state index contributed by atoms with van der Waals surface area (Å²) in [7, 11) is 1.66. The number of nitrogens with zero attached hydrogens (tertiary/aromatic N) is 1. The Morgan fingerprint density at radius 2 is 2.00 bits per heavy atom. The zero-order chi connectivity index (χ0) is 9.90. The molecule has 3 heteroatoms. The second-order valence-corrected chi connectivity index (χ2v) is 10.4. The van der Waals surface area contributed by atoms with Crippen LogP contribution in [0.2, 0.25) is 3.43 Å². The SMILES string of the molecule is COc1ccc[c]([Sn][C](C)(C)C)n1. The zero-order valence-corrected chi connectivity index (χ0v) is 11.4. The Morgan fingerprint density at radius 3 is 2.54 bits per heavy atom. The van der Waals surface area contributed by atoms with Gasteiger partial charge in [0.2, 0.25) is 0 Å². The van der Waals surface area contributed by atoms with Crippen LogP contribution in [0.15, 0.2) is 18.2 Å². The first kappa shape index (κ1) is 10.8. The fourth-order valence-electron chi connectivity index (χ4n) is 0.982. The number of rotatable bonds is 2. The van der Waals surface area contributed by atoms with Crippen LogP contribution in [0.4, 0.5) is 0 Å². The molecule has 1 rings (SSSR count). The van der Waals surface area contributed by atoms with Crippen molar-refractivity contribution in [1.29, 1.82) is 0 Å². The van der Waals surface area contributed by atoms with Crippen LogP contribution in [0.1, 0.15) is 20.8 Å². The van der Waals surface area contributed by atoms with Crippen LogP contribution in [0.25, 0.3) is 0 Å². The van der Waals surface area contributed by atoms with Gasteiger partial charge in [-0.25, -0.2) is 0 Å². The van der Waals surface area contributed by atoms with E-state index in [0.29, 0.717) is 3.43 Å². The molecule has 0 aromatic carbocycles. The third kappa shape index (κ3) is 3.98. The van der Waals surface area contributed by atoms with Crippen molar-refractivity contribution in [3.05, 3.63) is 18.2 Å². The number of hydrogen-bond donors (Lipinski definition) is 0. The van der Waals surface area contributed by atoms with Crippen molar-refractivity contribution in [3.63, 3.8) is 0 Å². The van der Waals surface area contributed by atoms with Gasteiger partial charge >= 0.3 is 90.0 Å². The maximum absolute atomic E-state index is 5.09. The molecule has 0 saturated carbocycles. The van der Waals surface area contributed by atoms with Gasteiger partial charge < -0.3 is 0 Å². The van der Waals surface area contributed by atoms with Crippen molar-refractivity contribution in [3.8, 4) is 5.88 Å². The van der Waals surface area contributed by atoms with Gasteiger partial charge in [0, 0.05) is 0 Å². The predicted molar refractivity (Wildman–Crippen MR) is 55.9 cm³/mol. The van der Waals surface area contributed by atoms with Gasteiger partial charge in [0.15, 0.2) is 0 Å². The van der Waals surface area contributed by atoms with Crippen molar-refractivity contribution in [1.82, 2.24) is 4.98 Å². The van der Waals surface area contributed by atoms with Gasteiger partial charge in [-0.1, -0.05) is 0 Å². The number of methoxy groups -OCH3 is 1. The number of pyridine rings is 1. The molecule has 0 unspecified atom stereocenters. The molecule has 0 bridgehead atoms. The van der Waals surface area contributed by atoms with Crippen LogP contribution in [0, 0.1) is 0 Å². The molecule has 1 aromatic rings. The Bertz CT molecular complexity index is 280. The second kappa shape index (κ2) is 4.31. The van der Waals surface area contributed by atoms with E-state index in [9.17, 15) is 0 Å². The monoisotopic (exact) mass is 285 g/mol. The van der Waals surface area contributed by atoms with Gasteiger partial charge in [0.25, 0.3) is 0 Å². The first-order valence-corrected chi connectivity index (χ1v) is 7.16. The van der Waals surface area contributed by atoms with Crippen LogP contribution in [-0.4, -0.2) is 33.2 Å². The average Bonchev–Trinajstić information content (AvgIpc) is 2.01. The molecule has 0 atom stereocenters. The minimum atomic E-state index is -0.580. The van der Waals surface area contributed by atoms with E-state index < -0.39 is 21.1 Å². The Kier molecular flexibility index (Phi) is 3.59. The first-order valence-electron chi connectivity index (χ1n) is 4.30. The minimum absolute atomic E-state index is 0.447. The van der Waals surface area contributed by atoms with Gasteiger partial charge in [-0.15, -0.1) is 0 Å². The van der Waals surface area contributed by atoms with Crippen LogP contribution >= 0.6 is 0 Å². The Balaban J connectivity index is 2.78. The first-order chi connectivity index (χ1) is 6.01. The van der Waals surface area contributed by atoms with Crippen molar-refractivity contribution in [2.75, 3.05) is 7.11 Å². The molecular formula is C10H15NOSn. The molecule has 0 amide bonds. The summed E-state index contributed by atoms with van der Waals surface area (Å²) in [5.41, 5.74) is 0. The van der Waals surface area contributed by atoms with E-state index in [0.717, 1.165) is 5.88 Å². The van der Waals surface area contributed by atoms with Crippen molar-refractivity contribution in [2.45, 2.75) is 24.2 Å². The normalized spacial score (nSPS) is 11.4. The molecule has 0 spiro atoms. The summed E-state index contributed by atoms with van der Waals surface area (Å²) < 4.78 is 6.79. The van der Waals surface area contributed by atoms with E-state index >= 15 is 0 Å². The summed E-state index contributed by atoms with van der Waals surface area (Å²) in [6, 6.07) is 6.03. The van der Waals surface area contributed by atoms with E-state index in [4.69, 9.17) is 4.74 Å². The van der Waals surface area contributed by atoms with Gasteiger partial charge in [-0.3, -0.25) is 0 Å². The van der Waals surface area contributed by atoms with E-state index in [-0.39, 0.29) is 0 Å². The summed E-state index contributed by atoms with van der Waals surface area (Å²) >= 11 is -0.580. The Morgan fingerprint density at radius 1 is 1.31 bits per heavy atom. The van der Waals surface area contributed by atoms with Gasteiger partial charge in [0.1, 0.15) is 0 Å². The Hall–Kier alpha value is -0.251. The van der Waals surface area contributed by atoms with Crippen molar-refractivity contribution in [2.24, 2.45) is 0 Å². The fourth-order valence-corrected chi connectivity index (χ4v) is 4.16. The van der Waals surface area contributed by atoms with E-state index in [1.54, 1.807) is 7.11 Å². The second-order valence-electron chi connectivity index (χ2n) is 3.94. The molecule has 70 valence electrons. The summed E-state index contributed by atoms with van der Waals surface area (Å²) in [4.78, 5) is 4.43. The summed E-state index contributed by atoms with van der Waals surface area (Å²) in [5, 5.41) is 0. The molecule has 13 heavy (non-hydrogen) atoms. The maximum atomic E-state index is 5.09. The number of ether oxygens (including phenoxy) is 1. The molecule has 0 aliphatic heterocycles. The summed E-state index contributed by atoms with van der Waals surface area (Å²) in [6.07, 6.45) is 0. The quantitative estimate of drug-likeness (QED) is 0.770. The van der Waals surface area contributed by atoms with E-state index in [1.165, 1.54) is 3.71 Å². The molecule has 0 aliphatic rings. The molecule has 2 nitrogen and oxygen atoms in total. The standard InChI is InChI=1S/C6H6NO.C4H9.Sn/c1-8-6-4-2-3-5-7-6;1-4(2)3;/h2-4H,1H3;1-3H3;. The third-order valence-electron chi connectivity index (χ3n) is 1.44. The molecule has 0 saturated heterocycles. The molecule has 2 radical (unpaired) electrons. The van der Waals surface area contributed by atoms with E-state index in [2.05, 4.69) is 31.8 Å². The predicted octanol–water partition coefficient (Wildman–Crippen LogP) is 1.64. The number of hydrogen-bond acceptors (Lipinski definition) is 2. The molecule has 0 N–H and O–H groups in total. The van der Waals surface area contributed by atoms with Crippen LogP contribution in [0.3, 0.4) is 0 Å². The summed E-state index contributed by atoms with van der Waals surface area (Å²) in [5.74, 6) is 0.739. The van der Waals surface area contributed by atoms with Crippen LogP contribution in [0.5, 0.6) is 5.88 Å². The van der Waals surface area contributed by atoms with Gasteiger partial charge in [-0.05, 0) is 0 Å². The summed E-state index contributed by atoms with van der Waals surface area (Å²) in [6.45, 7) is 6.83. The molecule has 0 fully saturated rings. The van der Waals surface area contributed by atoms with Crippen molar-refractivity contribution < 1.29 is 4.74 Å². The number of aromatic nitrogens is 1. The Labute approximate surface area is 89.9 Å². The van der Waals surface area contributed by atoms with Crippen molar-refractivity contribution >= 4 is 24.9 Å². The van der Waals surface area contributed by atoms with Crippen LogP contribution < -0.4 is 8.45 Å². The van der Waals surface area contributed by atoms with Crippen LogP contribution in [-0.2, 0) is 0 Å². The fraction of sp³-hybridized carbons (Fsp3) is 0.500. The molecule has 1 aromatic heterocycles. The van der Waals surface area contributed by atoms with Gasteiger partial charge in [0.05, 0.1) is 0 Å². The topological polar surface area (TPSA) is 22.1 Å². The average molecular weight is 284 g/mol. The zero-order valence-electron chi connectivity index (χ0n) is 8.59. The van der Waals surface area contributed by atoms with E-state index in [1.807, 2.05) is 12.1 Å². The molecule has 0 aliphatic carbocycles. The molecule has 1 heterocycles. The van der Waals surface area contributed by atoms with Gasteiger partial charge in [-0.2, -0.15) is 0 Å². The molecular weight excluding hydrogens is 269 g/mol.